The Kier molecular flexibility index (Phi) is 3.98. The lowest BCUT2D eigenvalue weighted by Gasteiger charge is -2.46. The van der Waals surface area contributed by atoms with Crippen molar-refractivity contribution in [3.8, 4) is 0 Å². The highest BCUT2D eigenvalue weighted by molar-refractivity contribution is 5.82. The first-order valence-corrected chi connectivity index (χ1v) is 6.50. The van der Waals surface area contributed by atoms with Crippen LogP contribution in [0.15, 0.2) is 0 Å². The topological polar surface area (TPSA) is 35.5 Å². The van der Waals surface area contributed by atoms with Gasteiger partial charge in [-0.05, 0) is 38.5 Å². The quantitative estimate of drug-likeness (QED) is 0.675. The molecule has 1 atom stereocenters. The van der Waals surface area contributed by atoms with E-state index in [2.05, 4.69) is 6.92 Å². The van der Waals surface area contributed by atoms with Crippen molar-refractivity contribution in [2.24, 2.45) is 5.92 Å². The highest BCUT2D eigenvalue weighted by Crippen LogP contribution is 2.44. The molecule has 2 fully saturated rings. The van der Waals surface area contributed by atoms with Crippen molar-refractivity contribution in [2.45, 2.75) is 51.0 Å². The summed E-state index contributed by atoms with van der Waals surface area (Å²) in [5.41, 5.74) is 0.0728. The van der Waals surface area contributed by atoms with Gasteiger partial charge in [0, 0.05) is 19.1 Å². The molecule has 1 unspecified atom stereocenters. The fraction of sp³-hybridized carbons (Fsp3) is 0.923. The van der Waals surface area contributed by atoms with Gasteiger partial charge in [0.05, 0.1) is 5.60 Å². The molecule has 0 bridgehead atoms. The Hall–Kier alpha value is -0.410. The van der Waals surface area contributed by atoms with Gasteiger partial charge < -0.3 is 9.47 Å². The molecule has 1 aliphatic heterocycles. The van der Waals surface area contributed by atoms with Crippen LogP contribution in [0.5, 0.6) is 0 Å². The molecule has 0 amide bonds. The third-order valence-electron chi connectivity index (χ3n) is 3.81. The zero-order valence-corrected chi connectivity index (χ0v) is 10.2. The lowest BCUT2D eigenvalue weighted by atomic mass is 9.71. The highest BCUT2D eigenvalue weighted by atomic mass is 16.5. The Morgan fingerprint density at radius 1 is 1.50 bits per heavy atom. The lowest BCUT2D eigenvalue weighted by molar-refractivity contribution is -0.157. The second-order valence-corrected chi connectivity index (χ2v) is 5.09. The summed E-state index contributed by atoms with van der Waals surface area (Å²) in [6, 6.07) is 0. The summed E-state index contributed by atoms with van der Waals surface area (Å²) in [4.78, 5) is 11.9. The SMILES string of the molecule is CCCOCC(=O)C1CCOC2(CCC2)C1. The molecule has 0 radical (unpaired) electrons. The molecule has 16 heavy (non-hydrogen) atoms. The first-order chi connectivity index (χ1) is 7.76. The van der Waals surface area contributed by atoms with E-state index in [1.807, 2.05) is 0 Å². The van der Waals surface area contributed by atoms with Crippen LogP contribution in [0.4, 0.5) is 0 Å². The Morgan fingerprint density at radius 2 is 2.31 bits per heavy atom. The van der Waals surface area contributed by atoms with Crippen LogP contribution in [-0.4, -0.2) is 31.2 Å². The molecule has 1 saturated heterocycles. The number of hydrogen-bond donors (Lipinski definition) is 0. The minimum absolute atomic E-state index is 0.0728. The highest BCUT2D eigenvalue weighted by Gasteiger charge is 2.44. The summed E-state index contributed by atoms with van der Waals surface area (Å²) >= 11 is 0. The van der Waals surface area contributed by atoms with E-state index >= 15 is 0 Å². The molecule has 0 N–H and O–H groups in total. The Morgan fingerprint density at radius 3 is 2.94 bits per heavy atom. The number of carbonyl (C=O) groups is 1. The minimum atomic E-state index is 0.0728. The fourth-order valence-electron chi connectivity index (χ4n) is 2.66. The second kappa shape index (κ2) is 5.28. The predicted molar refractivity (Wildman–Crippen MR) is 61.4 cm³/mol. The number of ketones is 1. The van der Waals surface area contributed by atoms with Gasteiger partial charge in [-0.2, -0.15) is 0 Å². The van der Waals surface area contributed by atoms with Crippen molar-refractivity contribution >= 4 is 5.78 Å². The zero-order valence-electron chi connectivity index (χ0n) is 10.2. The van der Waals surface area contributed by atoms with Crippen LogP contribution in [0.25, 0.3) is 0 Å². The van der Waals surface area contributed by atoms with Gasteiger partial charge in [-0.25, -0.2) is 0 Å². The van der Waals surface area contributed by atoms with Gasteiger partial charge in [-0.3, -0.25) is 4.79 Å². The first kappa shape index (κ1) is 12.1. The predicted octanol–water partition coefficient (Wildman–Crippen LogP) is 2.33. The summed E-state index contributed by atoms with van der Waals surface area (Å²) in [7, 11) is 0. The molecule has 3 heteroatoms. The fourth-order valence-corrected chi connectivity index (χ4v) is 2.66. The van der Waals surface area contributed by atoms with Crippen molar-refractivity contribution in [1.29, 1.82) is 0 Å². The van der Waals surface area contributed by atoms with Gasteiger partial charge in [0.2, 0.25) is 0 Å². The summed E-state index contributed by atoms with van der Waals surface area (Å²) < 4.78 is 11.1. The standard InChI is InChI=1S/C13H22O3/c1-2-7-15-10-12(14)11-4-8-16-13(9-11)5-3-6-13/h11H,2-10H2,1H3. The Balaban J connectivity index is 1.77. The molecule has 1 spiro atoms. The minimum Gasteiger partial charge on any atom is -0.375 e. The number of hydrogen-bond acceptors (Lipinski definition) is 3. The molecule has 2 aliphatic rings. The smallest absolute Gasteiger partial charge is 0.161 e. The molecule has 1 heterocycles. The number of ether oxygens (including phenoxy) is 2. The van der Waals surface area contributed by atoms with Crippen molar-refractivity contribution in [1.82, 2.24) is 0 Å². The second-order valence-electron chi connectivity index (χ2n) is 5.09. The third-order valence-corrected chi connectivity index (χ3v) is 3.81. The third kappa shape index (κ3) is 2.64. The van der Waals surface area contributed by atoms with E-state index in [0.29, 0.717) is 13.2 Å². The molecular weight excluding hydrogens is 204 g/mol. The van der Waals surface area contributed by atoms with E-state index in [9.17, 15) is 4.79 Å². The van der Waals surface area contributed by atoms with E-state index < -0.39 is 0 Å². The summed E-state index contributed by atoms with van der Waals surface area (Å²) in [5.74, 6) is 0.467. The molecule has 92 valence electrons. The van der Waals surface area contributed by atoms with Crippen molar-refractivity contribution in [3.63, 3.8) is 0 Å². The van der Waals surface area contributed by atoms with E-state index in [0.717, 1.165) is 38.7 Å². The summed E-state index contributed by atoms with van der Waals surface area (Å²) in [5, 5.41) is 0. The van der Waals surface area contributed by atoms with Crippen LogP contribution in [-0.2, 0) is 14.3 Å². The van der Waals surface area contributed by atoms with Crippen LogP contribution in [0.1, 0.15) is 45.4 Å². The molecule has 0 aromatic carbocycles. The molecule has 3 nitrogen and oxygen atoms in total. The molecule has 0 aromatic rings. The first-order valence-electron chi connectivity index (χ1n) is 6.50. The average molecular weight is 226 g/mol. The number of rotatable bonds is 5. The molecule has 2 rings (SSSR count). The van der Waals surface area contributed by atoms with Gasteiger partial charge in [0.15, 0.2) is 5.78 Å². The summed E-state index contributed by atoms with van der Waals surface area (Å²) in [6.07, 6.45) is 6.34. The van der Waals surface area contributed by atoms with E-state index in [-0.39, 0.29) is 17.3 Å². The maximum atomic E-state index is 11.9. The largest absolute Gasteiger partial charge is 0.375 e. The maximum absolute atomic E-state index is 11.9. The Labute approximate surface area is 97.5 Å². The van der Waals surface area contributed by atoms with Gasteiger partial charge in [0.1, 0.15) is 6.61 Å². The van der Waals surface area contributed by atoms with Crippen LogP contribution in [0.2, 0.25) is 0 Å². The molecule has 0 aromatic heterocycles. The number of carbonyl (C=O) groups excluding carboxylic acids is 1. The van der Waals surface area contributed by atoms with Crippen molar-refractivity contribution < 1.29 is 14.3 Å². The molecule has 1 aliphatic carbocycles. The van der Waals surface area contributed by atoms with Crippen LogP contribution in [0.3, 0.4) is 0 Å². The van der Waals surface area contributed by atoms with Crippen LogP contribution < -0.4 is 0 Å². The Bertz CT molecular complexity index is 246. The van der Waals surface area contributed by atoms with E-state index in [4.69, 9.17) is 9.47 Å². The number of Topliss-reactive ketones (excluding diaryl/α,β-unsaturated/α-hetero) is 1. The van der Waals surface area contributed by atoms with E-state index in [1.54, 1.807) is 0 Å². The van der Waals surface area contributed by atoms with Crippen LogP contribution >= 0.6 is 0 Å². The normalized spacial score (nSPS) is 27.7. The lowest BCUT2D eigenvalue weighted by Crippen LogP contribution is -2.47. The van der Waals surface area contributed by atoms with Gasteiger partial charge >= 0.3 is 0 Å². The van der Waals surface area contributed by atoms with Gasteiger partial charge in [-0.15, -0.1) is 0 Å². The maximum Gasteiger partial charge on any atom is 0.161 e. The molecular formula is C13H22O3. The van der Waals surface area contributed by atoms with Gasteiger partial charge in [-0.1, -0.05) is 6.92 Å². The summed E-state index contributed by atoms with van der Waals surface area (Å²) in [6.45, 7) is 3.81. The van der Waals surface area contributed by atoms with Crippen molar-refractivity contribution in [2.75, 3.05) is 19.8 Å². The zero-order chi connectivity index (χ0) is 11.4. The molecule has 1 saturated carbocycles. The monoisotopic (exact) mass is 226 g/mol. The van der Waals surface area contributed by atoms with Gasteiger partial charge in [0.25, 0.3) is 0 Å². The van der Waals surface area contributed by atoms with Crippen LogP contribution in [0, 0.1) is 5.92 Å². The average Bonchev–Trinajstić information content (AvgIpc) is 2.27. The van der Waals surface area contributed by atoms with E-state index in [1.165, 1.54) is 6.42 Å². The van der Waals surface area contributed by atoms with Crippen molar-refractivity contribution in [3.05, 3.63) is 0 Å².